The average molecular weight is 339 g/mol. The Hall–Kier alpha value is -2.66. The molecule has 5 nitrogen and oxygen atoms in total. The Labute approximate surface area is 143 Å². The van der Waals surface area contributed by atoms with Crippen molar-refractivity contribution in [1.82, 2.24) is 19.2 Å². The van der Waals surface area contributed by atoms with Gasteiger partial charge < -0.3 is 0 Å². The molecule has 2 heterocycles. The first-order valence-corrected chi connectivity index (χ1v) is 8.16. The van der Waals surface area contributed by atoms with Crippen LogP contribution in [0.25, 0.3) is 22.4 Å². The summed E-state index contributed by atoms with van der Waals surface area (Å²) in [5.41, 5.74) is 3.70. The maximum Gasteiger partial charge on any atom is 0.267 e. The maximum absolute atomic E-state index is 13.1. The minimum atomic E-state index is -0.116. The fraction of sp³-hybridized carbons (Fsp3) is 0.167. The maximum atomic E-state index is 13.1. The van der Waals surface area contributed by atoms with E-state index in [4.69, 9.17) is 11.6 Å². The van der Waals surface area contributed by atoms with Gasteiger partial charge in [-0.05, 0) is 49.2 Å². The summed E-state index contributed by atoms with van der Waals surface area (Å²) >= 11 is 6.02. The molecule has 24 heavy (non-hydrogen) atoms. The number of aromatic nitrogens is 4. The normalized spacial score (nSPS) is 11.5. The van der Waals surface area contributed by atoms with Crippen molar-refractivity contribution < 1.29 is 0 Å². The SMILES string of the molecule is Cc1ccc(-n2c(=O)c3ccccc3n3c(CCl)nnc23)cc1C. The van der Waals surface area contributed by atoms with Crippen molar-refractivity contribution in [1.29, 1.82) is 0 Å². The van der Waals surface area contributed by atoms with Gasteiger partial charge in [0.2, 0.25) is 5.78 Å². The number of nitrogens with zero attached hydrogens (tertiary/aromatic N) is 4. The van der Waals surface area contributed by atoms with E-state index in [9.17, 15) is 4.79 Å². The quantitative estimate of drug-likeness (QED) is 0.526. The number of para-hydroxylation sites is 1. The van der Waals surface area contributed by atoms with E-state index in [0.717, 1.165) is 16.8 Å². The van der Waals surface area contributed by atoms with Crippen LogP contribution in [0.15, 0.2) is 47.3 Å². The summed E-state index contributed by atoms with van der Waals surface area (Å²) in [7, 11) is 0. The molecule has 4 aromatic rings. The zero-order chi connectivity index (χ0) is 16.8. The molecule has 0 amide bonds. The Morgan fingerprint density at radius 1 is 1.04 bits per heavy atom. The first kappa shape index (κ1) is 14.9. The predicted octanol–water partition coefficient (Wildman–Crippen LogP) is 3.39. The van der Waals surface area contributed by atoms with Gasteiger partial charge in [-0.15, -0.1) is 21.8 Å². The lowest BCUT2D eigenvalue weighted by Crippen LogP contribution is -2.22. The van der Waals surface area contributed by atoms with E-state index in [2.05, 4.69) is 10.2 Å². The van der Waals surface area contributed by atoms with Crippen LogP contribution in [0.2, 0.25) is 0 Å². The van der Waals surface area contributed by atoms with Crippen molar-refractivity contribution in [3.63, 3.8) is 0 Å². The van der Waals surface area contributed by atoms with Crippen molar-refractivity contribution >= 4 is 28.3 Å². The first-order valence-electron chi connectivity index (χ1n) is 7.63. The molecule has 0 radical (unpaired) electrons. The highest BCUT2D eigenvalue weighted by atomic mass is 35.5. The van der Waals surface area contributed by atoms with Gasteiger partial charge in [0.15, 0.2) is 5.82 Å². The van der Waals surface area contributed by atoms with Gasteiger partial charge in [0.25, 0.3) is 5.56 Å². The molecule has 0 atom stereocenters. The highest BCUT2D eigenvalue weighted by Crippen LogP contribution is 2.20. The van der Waals surface area contributed by atoms with Gasteiger partial charge in [0.1, 0.15) is 0 Å². The monoisotopic (exact) mass is 338 g/mol. The van der Waals surface area contributed by atoms with Gasteiger partial charge in [-0.25, -0.2) is 4.57 Å². The molecule has 0 fully saturated rings. The van der Waals surface area contributed by atoms with E-state index < -0.39 is 0 Å². The van der Waals surface area contributed by atoms with E-state index in [1.54, 1.807) is 4.57 Å². The van der Waals surface area contributed by atoms with Gasteiger partial charge in [-0.1, -0.05) is 18.2 Å². The molecule has 6 heteroatoms. The summed E-state index contributed by atoms with van der Waals surface area (Å²) in [5, 5.41) is 8.98. The van der Waals surface area contributed by atoms with Gasteiger partial charge in [0, 0.05) is 0 Å². The Morgan fingerprint density at radius 2 is 1.83 bits per heavy atom. The summed E-state index contributed by atoms with van der Waals surface area (Å²) in [4.78, 5) is 13.1. The van der Waals surface area contributed by atoms with Crippen LogP contribution in [0.1, 0.15) is 17.0 Å². The fourth-order valence-electron chi connectivity index (χ4n) is 2.94. The Balaban J connectivity index is 2.22. The second kappa shape index (κ2) is 5.46. The molecule has 0 aliphatic rings. The molecule has 0 saturated heterocycles. The molecule has 0 N–H and O–H groups in total. The second-order valence-electron chi connectivity index (χ2n) is 5.81. The number of hydrogen-bond acceptors (Lipinski definition) is 3. The van der Waals surface area contributed by atoms with Gasteiger partial charge in [-0.2, -0.15) is 0 Å². The van der Waals surface area contributed by atoms with Crippen molar-refractivity contribution in [2.24, 2.45) is 0 Å². The predicted molar refractivity (Wildman–Crippen MR) is 95.1 cm³/mol. The molecule has 120 valence electrons. The minimum Gasteiger partial charge on any atom is -0.268 e. The minimum absolute atomic E-state index is 0.116. The van der Waals surface area contributed by atoms with E-state index in [0.29, 0.717) is 17.0 Å². The van der Waals surface area contributed by atoms with Gasteiger partial charge >= 0.3 is 0 Å². The summed E-state index contributed by atoms with van der Waals surface area (Å²) in [6.45, 7) is 4.07. The highest BCUT2D eigenvalue weighted by molar-refractivity contribution is 6.16. The third-order valence-corrected chi connectivity index (χ3v) is 4.60. The topological polar surface area (TPSA) is 52.2 Å². The molecular formula is C18H15ClN4O. The molecule has 2 aromatic heterocycles. The summed E-state index contributed by atoms with van der Waals surface area (Å²) in [6, 6.07) is 13.3. The third kappa shape index (κ3) is 2.05. The largest absolute Gasteiger partial charge is 0.268 e. The number of fused-ring (bicyclic) bond motifs is 3. The Morgan fingerprint density at radius 3 is 2.58 bits per heavy atom. The van der Waals surface area contributed by atoms with Crippen molar-refractivity contribution in [3.8, 4) is 5.69 Å². The lowest BCUT2D eigenvalue weighted by molar-refractivity contribution is 0.960. The fourth-order valence-corrected chi connectivity index (χ4v) is 3.12. The summed E-state index contributed by atoms with van der Waals surface area (Å²) < 4.78 is 3.44. The van der Waals surface area contributed by atoms with E-state index >= 15 is 0 Å². The van der Waals surface area contributed by atoms with Crippen LogP contribution in [0, 0.1) is 13.8 Å². The number of aryl methyl sites for hydroxylation is 2. The zero-order valence-electron chi connectivity index (χ0n) is 13.3. The number of halogens is 1. The average Bonchev–Trinajstić information content (AvgIpc) is 3.02. The van der Waals surface area contributed by atoms with E-state index in [-0.39, 0.29) is 11.4 Å². The van der Waals surface area contributed by atoms with Crippen LogP contribution in [-0.2, 0) is 5.88 Å². The van der Waals surface area contributed by atoms with Crippen LogP contribution in [0.5, 0.6) is 0 Å². The van der Waals surface area contributed by atoms with Crippen LogP contribution in [-0.4, -0.2) is 19.2 Å². The van der Waals surface area contributed by atoms with Crippen LogP contribution in [0.4, 0.5) is 0 Å². The number of hydrogen-bond donors (Lipinski definition) is 0. The van der Waals surface area contributed by atoms with Gasteiger partial charge in [-0.3, -0.25) is 9.20 Å². The molecule has 0 aliphatic carbocycles. The van der Waals surface area contributed by atoms with Crippen molar-refractivity contribution in [2.75, 3.05) is 0 Å². The lowest BCUT2D eigenvalue weighted by atomic mass is 10.1. The summed E-state index contributed by atoms with van der Waals surface area (Å²) in [5.74, 6) is 1.30. The molecule has 0 aliphatic heterocycles. The molecular weight excluding hydrogens is 324 g/mol. The molecule has 0 bridgehead atoms. The Bertz CT molecular complexity index is 1140. The van der Waals surface area contributed by atoms with Crippen molar-refractivity contribution in [3.05, 3.63) is 69.8 Å². The molecule has 4 rings (SSSR count). The third-order valence-electron chi connectivity index (χ3n) is 4.36. The molecule has 0 saturated carbocycles. The second-order valence-corrected chi connectivity index (χ2v) is 6.08. The van der Waals surface area contributed by atoms with E-state index in [1.165, 1.54) is 5.56 Å². The molecule has 0 spiro atoms. The van der Waals surface area contributed by atoms with Crippen molar-refractivity contribution in [2.45, 2.75) is 19.7 Å². The van der Waals surface area contributed by atoms with Crippen LogP contribution in [0.3, 0.4) is 0 Å². The van der Waals surface area contributed by atoms with E-state index in [1.807, 2.05) is 60.7 Å². The smallest absolute Gasteiger partial charge is 0.267 e. The zero-order valence-corrected chi connectivity index (χ0v) is 14.1. The number of rotatable bonds is 2. The van der Waals surface area contributed by atoms with Gasteiger partial charge in [0.05, 0.1) is 22.5 Å². The first-order chi connectivity index (χ1) is 11.6. The summed E-state index contributed by atoms with van der Waals surface area (Å²) in [6.07, 6.45) is 0. The van der Waals surface area contributed by atoms with Crippen LogP contribution < -0.4 is 5.56 Å². The highest BCUT2D eigenvalue weighted by Gasteiger charge is 2.17. The van der Waals surface area contributed by atoms with Crippen LogP contribution >= 0.6 is 11.6 Å². The molecule has 0 unspecified atom stereocenters. The number of benzene rings is 2. The standard InChI is InChI=1S/C18H15ClN4O/c1-11-7-8-13(9-12(11)2)22-17(24)14-5-3-4-6-15(14)23-16(10-19)20-21-18(22)23/h3-9H,10H2,1-2H3. The lowest BCUT2D eigenvalue weighted by Gasteiger charge is -2.12. The number of alkyl halides is 1. The molecule has 2 aromatic carbocycles. The Kier molecular flexibility index (Phi) is 3.39.